The van der Waals surface area contributed by atoms with Crippen LogP contribution in [0, 0.1) is 0 Å². The van der Waals surface area contributed by atoms with Crippen LogP contribution in [0.5, 0.6) is 0 Å². The molecule has 0 fully saturated rings. The molecule has 1 aromatic rings. The van der Waals surface area contributed by atoms with Gasteiger partial charge in [0, 0.05) is 10.8 Å². The standard InChI is InChI=1S/C16H29NS/c1-4-6-8-9-10-12-16(3,11-7-5-2)15-13-18-14-17-15/h13-14H,4-12H2,1-3H3. The summed E-state index contributed by atoms with van der Waals surface area (Å²) < 4.78 is 0. The van der Waals surface area contributed by atoms with E-state index < -0.39 is 0 Å². The van der Waals surface area contributed by atoms with E-state index in [2.05, 4.69) is 31.1 Å². The summed E-state index contributed by atoms with van der Waals surface area (Å²) in [5, 5.41) is 2.25. The van der Waals surface area contributed by atoms with E-state index in [9.17, 15) is 0 Å². The molecule has 0 bridgehead atoms. The van der Waals surface area contributed by atoms with Crippen molar-refractivity contribution >= 4 is 11.3 Å². The Morgan fingerprint density at radius 1 is 1.00 bits per heavy atom. The Labute approximate surface area is 117 Å². The Hall–Kier alpha value is -0.370. The molecule has 0 radical (unpaired) electrons. The van der Waals surface area contributed by atoms with Crippen molar-refractivity contribution in [2.75, 3.05) is 0 Å². The third-order valence-electron chi connectivity index (χ3n) is 3.96. The van der Waals surface area contributed by atoms with E-state index >= 15 is 0 Å². The monoisotopic (exact) mass is 267 g/mol. The van der Waals surface area contributed by atoms with E-state index in [4.69, 9.17) is 0 Å². The van der Waals surface area contributed by atoms with Crippen LogP contribution < -0.4 is 0 Å². The highest BCUT2D eigenvalue weighted by Crippen LogP contribution is 2.34. The Morgan fingerprint density at radius 2 is 1.67 bits per heavy atom. The lowest BCUT2D eigenvalue weighted by molar-refractivity contribution is 0.361. The van der Waals surface area contributed by atoms with Gasteiger partial charge in [-0.2, -0.15) is 0 Å². The quantitative estimate of drug-likeness (QED) is 0.477. The maximum atomic E-state index is 4.57. The van der Waals surface area contributed by atoms with Gasteiger partial charge in [-0.15, -0.1) is 11.3 Å². The summed E-state index contributed by atoms with van der Waals surface area (Å²) in [4.78, 5) is 4.57. The average molecular weight is 267 g/mol. The Morgan fingerprint density at radius 3 is 2.28 bits per heavy atom. The largest absolute Gasteiger partial charge is 0.249 e. The van der Waals surface area contributed by atoms with E-state index in [1.807, 2.05) is 5.51 Å². The third kappa shape index (κ3) is 5.09. The molecule has 2 heteroatoms. The molecule has 0 saturated heterocycles. The normalized spacial score (nSPS) is 14.6. The van der Waals surface area contributed by atoms with Crippen LogP contribution in [-0.2, 0) is 5.41 Å². The van der Waals surface area contributed by atoms with Crippen LogP contribution in [0.3, 0.4) is 0 Å². The molecular formula is C16H29NS. The van der Waals surface area contributed by atoms with Gasteiger partial charge >= 0.3 is 0 Å². The van der Waals surface area contributed by atoms with Crippen molar-refractivity contribution in [1.29, 1.82) is 0 Å². The van der Waals surface area contributed by atoms with Crippen LogP contribution in [0.2, 0.25) is 0 Å². The molecule has 1 atom stereocenters. The summed E-state index contributed by atoms with van der Waals surface area (Å²) >= 11 is 1.74. The predicted molar refractivity (Wildman–Crippen MR) is 82.4 cm³/mol. The lowest BCUT2D eigenvalue weighted by atomic mass is 9.77. The molecule has 0 N–H and O–H groups in total. The van der Waals surface area contributed by atoms with Gasteiger partial charge in [-0.05, 0) is 12.8 Å². The molecular weight excluding hydrogens is 238 g/mol. The second kappa shape index (κ2) is 8.68. The summed E-state index contributed by atoms with van der Waals surface area (Å²) in [5.41, 5.74) is 3.63. The predicted octanol–water partition coefficient (Wildman–Crippen LogP) is 5.95. The van der Waals surface area contributed by atoms with Gasteiger partial charge in [-0.25, -0.2) is 4.98 Å². The van der Waals surface area contributed by atoms with Crippen molar-refractivity contribution in [3.63, 3.8) is 0 Å². The molecule has 104 valence electrons. The summed E-state index contributed by atoms with van der Waals surface area (Å²) in [6.07, 6.45) is 12.1. The fourth-order valence-electron chi connectivity index (χ4n) is 2.58. The first-order valence-corrected chi connectivity index (χ1v) is 8.56. The van der Waals surface area contributed by atoms with E-state index in [-0.39, 0.29) is 0 Å². The van der Waals surface area contributed by atoms with Gasteiger partial charge in [0.1, 0.15) is 0 Å². The first kappa shape index (κ1) is 15.7. The minimum atomic E-state index is 0.322. The molecule has 1 heterocycles. The van der Waals surface area contributed by atoms with E-state index in [1.165, 1.54) is 63.5 Å². The highest BCUT2D eigenvalue weighted by Gasteiger charge is 2.27. The van der Waals surface area contributed by atoms with Crippen LogP contribution >= 0.6 is 11.3 Å². The van der Waals surface area contributed by atoms with Crippen LogP contribution in [0.15, 0.2) is 10.9 Å². The fourth-order valence-corrected chi connectivity index (χ4v) is 3.29. The van der Waals surface area contributed by atoms with E-state index in [0.717, 1.165) is 0 Å². The van der Waals surface area contributed by atoms with Crippen molar-refractivity contribution in [2.24, 2.45) is 0 Å². The molecule has 0 amide bonds. The maximum Gasteiger partial charge on any atom is 0.0794 e. The minimum absolute atomic E-state index is 0.322. The minimum Gasteiger partial charge on any atom is -0.249 e. The smallest absolute Gasteiger partial charge is 0.0794 e. The van der Waals surface area contributed by atoms with Crippen molar-refractivity contribution in [1.82, 2.24) is 4.98 Å². The maximum absolute atomic E-state index is 4.57. The van der Waals surface area contributed by atoms with E-state index in [0.29, 0.717) is 5.41 Å². The SMILES string of the molecule is CCCCCCCC(C)(CCCC)c1cscn1. The number of rotatable bonds is 10. The molecule has 1 rings (SSSR count). The van der Waals surface area contributed by atoms with Crippen molar-refractivity contribution in [3.8, 4) is 0 Å². The van der Waals surface area contributed by atoms with E-state index in [1.54, 1.807) is 11.3 Å². The van der Waals surface area contributed by atoms with Crippen LogP contribution in [0.4, 0.5) is 0 Å². The average Bonchev–Trinajstić information content (AvgIpc) is 2.90. The van der Waals surface area contributed by atoms with Crippen molar-refractivity contribution < 1.29 is 0 Å². The molecule has 0 aliphatic carbocycles. The van der Waals surface area contributed by atoms with Crippen LogP contribution in [0.25, 0.3) is 0 Å². The van der Waals surface area contributed by atoms with Crippen LogP contribution in [0.1, 0.15) is 84.3 Å². The number of aromatic nitrogens is 1. The molecule has 0 spiro atoms. The van der Waals surface area contributed by atoms with Gasteiger partial charge in [-0.1, -0.05) is 65.7 Å². The summed E-state index contributed by atoms with van der Waals surface area (Å²) in [7, 11) is 0. The Kier molecular flexibility index (Phi) is 7.57. The summed E-state index contributed by atoms with van der Waals surface area (Å²) in [6.45, 7) is 6.97. The molecule has 0 aliphatic rings. The molecule has 0 aliphatic heterocycles. The number of thiazole rings is 1. The second-order valence-electron chi connectivity index (χ2n) is 5.70. The number of hydrogen-bond donors (Lipinski definition) is 0. The van der Waals surface area contributed by atoms with Gasteiger partial charge in [0.2, 0.25) is 0 Å². The molecule has 1 aromatic heterocycles. The van der Waals surface area contributed by atoms with Gasteiger partial charge < -0.3 is 0 Å². The highest BCUT2D eigenvalue weighted by molar-refractivity contribution is 7.07. The molecule has 0 saturated carbocycles. The van der Waals surface area contributed by atoms with Gasteiger partial charge in [0.25, 0.3) is 0 Å². The van der Waals surface area contributed by atoms with Crippen molar-refractivity contribution in [3.05, 3.63) is 16.6 Å². The first-order chi connectivity index (χ1) is 8.73. The number of nitrogens with zero attached hydrogens (tertiary/aromatic N) is 1. The zero-order valence-electron chi connectivity index (χ0n) is 12.4. The lowest BCUT2D eigenvalue weighted by Crippen LogP contribution is -2.22. The Balaban J connectivity index is 2.45. The molecule has 18 heavy (non-hydrogen) atoms. The van der Waals surface area contributed by atoms with Gasteiger partial charge in [0.05, 0.1) is 11.2 Å². The number of hydrogen-bond acceptors (Lipinski definition) is 2. The van der Waals surface area contributed by atoms with Crippen LogP contribution in [-0.4, -0.2) is 4.98 Å². The number of unbranched alkanes of at least 4 members (excludes halogenated alkanes) is 5. The highest BCUT2D eigenvalue weighted by atomic mass is 32.1. The zero-order valence-corrected chi connectivity index (χ0v) is 13.2. The second-order valence-corrected chi connectivity index (χ2v) is 6.42. The van der Waals surface area contributed by atoms with Crippen molar-refractivity contribution in [2.45, 2.75) is 84.0 Å². The summed E-state index contributed by atoms with van der Waals surface area (Å²) in [5.74, 6) is 0. The molecule has 1 nitrogen and oxygen atoms in total. The molecule has 1 unspecified atom stereocenters. The fraction of sp³-hybridized carbons (Fsp3) is 0.812. The zero-order chi connectivity index (χ0) is 13.3. The summed E-state index contributed by atoms with van der Waals surface area (Å²) in [6, 6.07) is 0. The van der Waals surface area contributed by atoms with Gasteiger partial charge in [-0.3, -0.25) is 0 Å². The topological polar surface area (TPSA) is 12.9 Å². The third-order valence-corrected chi connectivity index (χ3v) is 4.55. The lowest BCUT2D eigenvalue weighted by Gasteiger charge is -2.28. The molecule has 0 aromatic carbocycles. The first-order valence-electron chi connectivity index (χ1n) is 7.61. The Bertz CT molecular complexity index is 294. The van der Waals surface area contributed by atoms with Gasteiger partial charge in [0.15, 0.2) is 0 Å².